The summed E-state index contributed by atoms with van der Waals surface area (Å²) >= 11 is 1.62. The molecule has 1 heterocycles. The number of hydrogen-bond acceptors (Lipinski definition) is 5. The van der Waals surface area contributed by atoms with Gasteiger partial charge in [0.25, 0.3) is 0 Å². The van der Waals surface area contributed by atoms with E-state index in [-0.39, 0.29) is 12.0 Å². The van der Waals surface area contributed by atoms with Gasteiger partial charge in [-0.1, -0.05) is 6.92 Å². The Morgan fingerprint density at radius 3 is 2.82 bits per heavy atom. The third kappa shape index (κ3) is 5.19. The highest BCUT2D eigenvalue weighted by Crippen LogP contribution is 2.17. The molecular weight excluding hydrogens is 236 g/mol. The molecule has 0 aromatic carbocycles. The number of aromatic nitrogens is 1. The number of pyridine rings is 1. The monoisotopic (exact) mass is 254 g/mol. The van der Waals surface area contributed by atoms with E-state index in [0.717, 1.165) is 17.9 Å². The molecule has 0 amide bonds. The number of methoxy groups -OCH3 is 1. The molecule has 94 valence electrons. The molecule has 0 aliphatic heterocycles. The van der Waals surface area contributed by atoms with E-state index in [1.54, 1.807) is 24.2 Å². The van der Waals surface area contributed by atoms with Crippen LogP contribution in [0.4, 0.5) is 0 Å². The summed E-state index contributed by atoms with van der Waals surface area (Å²) in [6.45, 7) is 2.88. The first-order valence-corrected chi connectivity index (χ1v) is 6.60. The second-order valence-corrected chi connectivity index (χ2v) is 4.62. The van der Waals surface area contributed by atoms with E-state index in [1.807, 2.05) is 12.1 Å². The van der Waals surface area contributed by atoms with Gasteiger partial charge in [-0.15, -0.1) is 11.8 Å². The molecule has 1 aromatic rings. The number of hydrogen-bond donors (Lipinski definition) is 1. The van der Waals surface area contributed by atoms with Crippen molar-refractivity contribution in [3.05, 3.63) is 24.5 Å². The van der Waals surface area contributed by atoms with Crippen LogP contribution in [0.1, 0.15) is 13.3 Å². The van der Waals surface area contributed by atoms with Crippen molar-refractivity contribution in [3.8, 4) is 0 Å². The van der Waals surface area contributed by atoms with Gasteiger partial charge in [0, 0.05) is 23.0 Å². The summed E-state index contributed by atoms with van der Waals surface area (Å²) in [4.78, 5) is 16.6. The topological polar surface area (TPSA) is 51.2 Å². The Morgan fingerprint density at radius 1 is 1.53 bits per heavy atom. The van der Waals surface area contributed by atoms with Gasteiger partial charge in [-0.2, -0.15) is 0 Å². The molecule has 0 radical (unpaired) electrons. The van der Waals surface area contributed by atoms with Crippen molar-refractivity contribution in [3.63, 3.8) is 0 Å². The summed E-state index contributed by atoms with van der Waals surface area (Å²) in [7, 11) is 1.42. The summed E-state index contributed by atoms with van der Waals surface area (Å²) in [5.41, 5.74) is 0. The van der Waals surface area contributed by atoms with E-state index in [2.05, 4.69) is 17.2 Å². The van der Waals surface area contributed by atoms with Crippen LogP contribution in [-0.2, 0) is 9.53 Å². The highest BCUT2D eigenvalue weighted by molar-refractivity contribution is 7.99. The Bertz CT molecular complexity index is 333. The number of carbonyl (C=O) groups is 1. The number of nitrogens with zero attached hydrogens (tertiary/aromatic N) is 1. The molecular formula is C12H18N2O2S. The molecule has 1 aromatic heterocycles. The molecule has 17 heavy (non-hydrogen) atoms. The van der Waals surface area contributed by atoms with Gasteiger partial charge in [0.2, 0.25) is 0 Å². The summed E-state index contributed by atoms with van der Waals surface area (Å²) < 4.78 is 4.77. The predicted octanol–water partition coefficient (Wildman–Crippen LogP) is 1.71. The fourth-order valence-corrected chi connectivity index (χ4v) is 2.21. The van der Waals surface area contributed by atoms with Crippen LogP contribution in [-0.4, -0.2) is 36.4 Å². The number of carbonyl (C=O) groups excluding carboxylic acids is 1. The summed E-state index contributed by atoms with van der Waals surface area (Å²) in [5.74, 6) is 0.455. The number of ether oxygens (including phenoxy) is 1. The largest absolute Gasteiger partial charge is 0.468 e. The molecule has 0 saturated heterocycles. The first-order chi connectivity index (χ1) is 8.27. The van der Waals surface area contributed by atoms with Crippen molar-refractivity contribution < 1.29 is 9.53 Å². The average Bonchev–Trinajstić information content (AvgIpc) is 2.39. The Balaban J connectivity index is 2.46. The maximum Gasteiger partial charge on any atom is 0.323 e. The smallest absolute Gasteiger partial charge is 0.323 e. The van der Waals surface area contributed by atoms with Crippen molar-refractivity contribution in [2.45, 2.75) is 24.3 Å². The van der Waals surface area contributed by atoms with Crippen molar-refractivity contribution in [2.75, 3.05) is 19.4 Å². The lowest BCUT2D eigenvalue weighted by Crippen LogP contribution is -2.40. The maximum atomic E-state index is 11.5. The van der Waals surface area contributed by atoms with E-state index in [4.69, 9.17) is 4.74 Å². The van der Waals surface area contributed by atoms with Gasteiger partial charge in [-0.25, -0.2) is 0 Å². The van der Waals surface area contributed by atoms with Gasteiger partial charge in [0.05, 0.1) is 7.11 Å². The Kier molecular flexibility index (Phi) is 6.65. The standard InChI is InChI=1S/C12H18N2O2S/c1-3-6-14-11(12(15)16-2)9-17-10-4-7-13-8-5-10/h4-5,7-8,11,14H,3,6,9H2,1-2H3. The average molecular weight is 254 g/mol. The number of thioether (sulfide) groups is 1. The molecule has 0 spiro atoms. The first kappa shape index (κ1) is 14.0. The zero-order chi connectivity index (χ0) is 12.5. The van der Waals surface area contributed by atoms with Crippen molar-refractivity contribution in [2.24, 2.45) is 0 Å². The van der Waals surface area contributed by atoms with Gasteiger partial charge in [0.1, 0.15) is 6.04 Å². The summed E-state index contributed by atoms with van der Waals surface area (Å²) in [6.07, 6.45) is 4.48. The van der Waals surface area contributed by atoms with E-state index < -0.39 is 0 Å². The number of rotatable bonds is 7. The highest BCUT2D eigenvalue weighted by atomic mass is 32.2. The molecule has 0 bridgehead atoms. The minimum Gasteiger partial charge on any atom is -0.468 e. The van der Waals surface area contributed by atoms with Crippen LogP contribution in [0.2, 0.25) is 0 Å². The van der Waals surface area contributed by atoms with Gasteiger partial charge in [-0.3, -0.25) is 9.78 Å². The van der Waals surface area contributed by atoms with Gasteiger partial charge < -0.3 is 10.1 Å². The minimum atomic E-state index is -0.252. The van der Waals surface area contributed by atoms with Crippen LogP contribution in [0.5, 0.6) is 0 Å². The SMILES string of the molecule is CCCNC(CSc1ccncc1)C(=O)OC. The molecule has 1 atom stereocenters. The second kappa shape index (κ2) is 8.08. The summed E-state index contributed by atoms with van der Waals surface area (Å²) in [5, 5.41) is 3.18. The lowest BCUT2D eigenvalue weighted by atomic mass is 10.3. The zero-order valence-electron chi connectivity index (χ0n) is 10.2. The minimum absolute atomic E-state index is 0.208. The molecule has 4 nitrogen and oxygen atoms in total. The fraction of sp³-hybridized carbons (Fsp3) is 0.500. The Hall–Kier alpha value is -1.07. The van der Waals surface area contributed by atoms with Gasteiger partial charge in [-0.05, 0) is 25.1 Å². The quantitative estimate of drug-likeness (QED) is 0.593. The molecule has 0 saturated carbocycles. The van der Waals surface area contributed by atoms with Crippen LogP contribution < -0.4 is 5.32 Å². The number of nitrogens with one attached hydrogen (secondary N) is 1. The predicted molar refractivity (Wildman–Crippen MR) is 69.1 cm³/mol. The van der Waals surface area contributed by atoms with Crippen LogP contribution in [0.25, 0.3) is 0 Å². The number of esters is 1. The van der Waals surface area contributed by atoms with Crippen molar-refractivity contribution >= 4 is 17.7 Å². The molecule has 0 aliphatic carbocycles. The van der Waals surface area contributed by atoms with E-state index in [0.29, 0.717) is 5.75 Å². The second-order valence-electron chi connectivity index (χ2n) is 3.52. The van der Waals surface area contributed by atoms with Gasteiger partial charge in [0.15, 0.2) is 0 Å². The van der Waals surface area contributed by atoms with Crippen molar-refractivity contribution in [1.82, 2.24) is 10.3 Å². The summed E-state index contributed by atoms with van der Waals surface area (Å²) in [6, 6.07) is 3.61. The lowest BCUT2D eigenvalue weighted by Gasteiger charge is -2.15. The first-order valence-electron chi connectivity index (χ1n) is 5.62. The lowest BCUT2D eigenvalue weighted by molar-refractivity contribution is -0.142. The Morgan fingerprint density at radius 2 is 2.24 bits per heavy atom. The fourth-order valence-electron chi connectivity index (χ4n) is 1.29. The van der Waals surface area contributed by atoms with Crippen LogP contribution >= 0.6 is 11.8 Å². The van der Waals surface area contributed by atoms with Crippen LogP contribution in [0.3, 0.4) is 0 Å². The molecule has 1 rings (SSSR count). The molecule has 1 unspecified atom stereocenters. The van der Waals surface area contributed by atoms with Crippen LogP contribution in [0.15, 0.2) is 29.4 Å². The molecule has 0 aliphatic rings. The van der Waals surface area contributed by atoms with Gasteiger partial charge >= 0.3 is 5.97 Å². The molecule has 0 fully saturated rings. The maximum absolute atomic E-state index is 11.5. The third-order valence-electron chi connectivity index (χ3n) is 2.19. The third-order valence-corrected chi connectivity index (χ3v) is 3.30. The zero-order valence-corrected chi connectivity index (χ0v) is 11.0. The van der Waals surface area contributed by atoms with Crippen molar-refractivity contribution in [1.29, 1.82) is 0 Å². The normalized spacial score (nSPS) is 12.1. The Labute approximate surface area is 106 Å². The molecule has 1 N–H and O–H groups in total. The van der Waals surface area contributed by atoms with E-state index in [1.165, 1.54) is 7.11 Å². The van der Waals surface area contributed by atoms with E-state index in [9.17, 15) is 4.79 Å². The molecule has 5 heteroatoms. The van der Waals surface area contributed by atoms with Crippen LogP contribution in [0, 0.1) is 0 Å². The highest BCUT2D eigenvalue weighted by Gasteiger charge is 2.18. The van der Waals surface area contributed by atoms with E-state index >= 15 is 0 Å².